The van der Waals surface area contributed by atoms with E-state index in [4.69, 9.17) is 10.8 Å². The van der Waals surface area contributed by atoms with Gasteiger partial charge in [0.25, 0.3) is 11.8 Å². The molecule has 18 nitrogen and oxygen atoms in total. The van der Waals surface area contributed by atoms with Gasteiger partial charge in [0.05, 0.1) is 22.5 Å². The first-order chi connectivity index (χ1) is 36.5. The largest absolute Gasteiger partial charge is 0.416 e. The molecule has 5 N–H and O–H groups in total. The number of likely N-dealkylation sites (tertiary alicyclic amines) is 3. The van der Waals surface area contributed by atoms with Crippen LogP contribution in [0, 0.1) is 12.3 Å². The second kappa shape index (κ2) is 21.5. The number of urea groups is 1. The number of benzene rings is 2. The van der Waals surface area contributed by atoms with Gasteiger partial charge in [-0.15, -0.1) is 0 Å². The Kier molecular flexibility index (Phi) is 14.7. The van der Waals surface area contributed by atoms with Gasteiger partial charge in [-0.05, 0) is 112 Å². The summed E-state index contributed by atoms with van der Waals surface area (Å²) in [5.74, 6) is -1.43. The van der Waals surface area contributed by atoms with E-state index in [0.717, 1.165) is 93.9 Å². The lowest BCUT2D eigenvalue weighted by Crippen LogP contribution is -2.50. The zero-order valence-corrected chi connectivity index (χ0v) is 42.3. The van der Waals surface area contributed by atoms with Gasteiger partial charge in [-0.1, -0.05) is 36.8 Å². The van der Waals surface area contributed by atoms with E-state index in [1.54, 1.807) is 35.4 Å². The molecule has 398 valence electrons. The van der Waals surface area contributed by atoms with Gasteiger partial charge in [0.15, 0.2) is 0 Å². The molecule has 2 bridgehead atoms. The third-order valence-electron chi connectivity index (χ3n) is 15.9. The number of nitrogens with two attached hydrogens (primary N) is 1. The SMILES string of the molecule is Cc1ccc(C(=O)N2CCC3(CCN(CCC(=O)N4C[C@@H]5C[C@@H]4C(=O)NCCCCC/C=C/c4cnc(N)c6c(-c7ccc(C(=O)Nc8cc(C(F)(F)F)ccn8)cc7)nn5c46)CC3)CC2)cc1N1CCC(=O)NC1=O. The number of hydrogen-bond donors (Lipinski definition) is 4. The summed E-state index contributed by atoms with van der Waals surface area (Å²) in [6, 6.07) is 11.7. The van der Waals surface area contributed by atoms with Crippen LogP contribution in [-0.4, -0.2) is 128 Å². The van der Waals surface area contributed by atoms with Crippen molar-refractivity contribution in [1.82, 2.24) is 45.1 Å². The Hall–Kier alpha value is -7.68. The van der Waals surface area contributed by atoms with Crippen LogP contribution in [0.1, 0.15) is 114 Å². The molecule has 4 saturated heterocycles. The van der Waals surface area contributed by atoms with Crippen molar-refractivity contribution >= 4 is 69.9 Å². The number of amides is 7. The Morgan fingerprint density at radius 3 is 2.39 bits per heavy atom. The average molecular weight is 1040 g/mol. The summed E-state index contributed by atoms with van der Waals surface area (Å²) in [6.45, 7) is 6.22. The van der Waals surface area contributed by atoms with Gasteiger partial charge in [-0.3, -0.25) is 38.9 Å². The summed E-state index contributed by atoms with van der Waals surface area (Å²) in [4.78, 5) is 95.8. The molecular formula is C55H61F3N12O6. The Morgan fingerprint density at radius 2 is 1.64 bits per heavy atom. The molecule has 0 radical (unpaired) electrons. The van der Waals surface area contributed by atoms with Gasteiger partial charge >= 0.3 is 12.2 Å². The number of carbonyl (C=O) groups excluding carboxylic acids is 6. The van der Waals surface area contributed by atoms with Crippen LogP contribution in [0.5, 0.6) is 0 Å². The molecule has 2 aromatic carbocycles. The summed E-state index contributed by atoms with van der Waals surface area (Å²) >= 11 is 0. The Balaban J connectivity index is 0.812. The van der Waals surface area contributed by atoms with Gasteiger partial charge in [-0.2, -0.15) is 18.3 Å². The van der Waals surface area contributed by atoms with Crippen LogP contribution in [-0.2, 0) is 20.6 Å². The van der Waals surface area contributed by atoms with Gasteiger partial charge in [0, 0.05) is 98.9 Å². The fraction of sp³-hybridized carbons (Fsp3) is 0.436. The molecular weight excluding hydrogens is 982 g/mol. The number of aryl methyl sites for hydroxylation is 1. The molecule has 76 heavy (non-hydrogen) atoms. The van der Waals surface area contributed by atoms with Gasteiger partial charge < -0.3 is 31.1 Å². The minimum atomic E-state index is -4.61. The number of nitrogens with zero attached hydrogens (tertiary/aromatic N) is 8. The maximum absolute atomic E-state index is 14.5. The Bertz CT molecular complexity index is 3100. The zero-order valence-electron chi connectivity index (χ0n) is 42.3. The third-order valence-corrected chi connectivity index (χ3v) is 15.9. The number of fused-ring (bicyclic) bond motifs is 3. The van der Waals surface area contributed by atoms with E-state index >= 15 is 0 Å². The minimum absolute atomic E-state index is 0.0830. The first kappa shape index (κ1) is 51.8. The molecule has 2 atom stereocenters. The van der Waals surface area contributed by atoms with Crippen molar-refractivity contribution < 1.29 is 41.9 Å². The molecule has 8 heterocycles. The number of halogens is 3. The molecule has 4 fully saturated rings. The van der Waals surface area contributed by atoms with E-state index in [-0.39, 0.29) is 72.2 Å². The number of allylic oxidation sites excluding steroid dienone is 1. The number of imide groups is 1. The van der Waals surface area contributed by atoms with Crippen LogP contribution in [0.25, 0.3) is 28.2 Å². The molecule has 0 saturated carbocycles. The van der Waals surface area contributed by atoms with Gasteiger partial charge in [0.2, 0.25) is 17.7 Å². The molecule has 1 spiro atoms. The van der Waals surface area contributed by atoms with Crippen LogP contribution in [0.15, 0.2) is 73.1 Å². The number of aromatic nitrogens is 4. The Morgan fingerprint density at radius 1 is 0.895 bits per heavy atom. The van der Waals surface area contributed by atoms with Crippen molar-refractivity contribution in [2.24, 2.45) is 5.41 Å². The molecule has 0 unspecified atom stereocenters. The van der Waals surface area contributed by atoms with Crippen molar-refractivity contribution in [3.63, 3.8) is 0 Å². The van der Waals surface area contributed by atoms with Crippen LogP contribution in [0.2, 0.25) is 0 Å². The molecule has 0 aliphatic carbocycles. The van der Waals surface area contributed by atoms with Crippen molar-refractivity contribution in [3.05, 3.63) is 101 Å². The van der Waals surface area contributed by atoms with Crippen LogP contribution in [0.3, 0.4) is 0 Å². The lowest BCUT2D eigenvalue weighted by atomic mass is 9.71. The summed E-state index contributed by atoms with van der Waals surface area (Å²) in [5.41, 5.74) is 10.4. The molecule has 3 aromatic heterocycles. The van der Waals surface area contributed by atoms with E-state index in [1.807, 2.05) is 28.6 Å². The quantitative estimate of drug-likeness (QED) is 0.120. The molecule has 5 aliphatic rings. The lowest BCUT2D eigenvalue weighted by molar-refractivity contribution is -0.138. The van der Waals surface area contributed by atoms with E-state index < -0.39 is 35.8 Å². The average Bonchev–Trinajstić information content (AvgIpc) is 4.05. The number of nitrogens with one attached hydrogen (secondary N) is 3. The first-order valence-electron chi connectivity index (χ1n) is 26.1. The summed E-state index contributed by atoms with van der Waals surface area (Å²) in [6.07, 6.45) is 9.89. The van der Waals surface area contributed by atoms with Crippen molar-refractivity contribution in [3.8, 4) is 11.3 Å². The fourth-order valence-electron chi connectivity index (χ4n) is 11.4. The van der Waals surface area contributed by atoms with Crippen LogP contribution >= 0.6 is 0 Å². The summed E-state index contributed by atoms with van der Waals surface area (Å²) in [5, 5.41) is 13.6. The van der Waals surface area contributed by atoms with E-state index in [1.165, 1.54) is 17.0 Å². The number of alkyl halides is 3. The predicted molar refractivity (Wildman–Crippen MR) is 279 cm³/mol. The summed E-state index contributed by atoms with van der Waals surface area (Å²) in [7, 11) is 0. The number of piperidine rings is 2. The van der Waals surface area contributed by atoms with Crippen molar-refractivity contribution in [2.45, 2.75) is 95.8 Å². The fourth-order valence-corrected chi connectivity index (χ4v) is 11.4. The summed E-state index contributed by atoms with van der Waals surface area (Å²) < 4.78 is 41.9. The second-order valence-electron chi connectivity index (χ2n) is 20.7. The number of nitrogen functional groups attached to an aromatic ring is 1. The lowest BCUT2D eigenvalue weighted by Gasteiger charge is -2.47. The smallest absolute Gasteiger partial charge is 0.383 e. The maximum Gasteiger partial charge on any atom is 0.416 e. The van der Waals surface area contributed by atoms with Gasteiger partial charge in [-0.25, -0.2) is 14.8 Å². The maximum atomic E-state index is 14.5. The topological polar surface area (TPSA) is 221 Å². The molecule has 21 heteroatoms. The van der Waals surface area contributed by atoms with E-state index in [2.05, 4.69) is 36.9 Å². The van der Waals surface area contributed by atoms with Crippen LogP contribution < -0.4 is 26.6 Å². The standard InChI is InChI=1S/C55H61F3N12O6/c1-34-8-9-37(29-41(34)68-24-15-44(71)64-53(68)76)52(75)67-27-19-54(20-28-67)17-25-66(26-18-54)23-16-45(72)69-33-40-31-42(69)51(74)61-21-6-4-2-3-5-7-38-32-62-49(59)46-47(65-70(40)48(38)46)35-10-12-36(13-11-35)50(73)63-43-30-39(14-22-60-43)55(56,57)58/h5,7-14,22,29-30,32,40,42H,2-4,6,15-21,23-28,31,33H2,1H3,(H2,59,62)(H,61,74)(H,60,63,73)(H,64,71,76)/b7-5+/t40-,42+/m0/s1. The predicted octanol–water partition coefficient (Wildman–Crippen LogP) is 7.36. The zero-order chi connectivity index (χ0) is 53.3. The monoisotopic (exact) mass is 1040 g/mol. The molecule has 7 amide bonds. The molecule has 5 aliphatic heterocycles. The highest BCUT2D eigenvalue weighted by Gasteiger charge is 2.43. The normalized spacial score (nSPS) is 20.9. The number of hydrogen-bond acceptors (Lipinski definition) is 11. The van der Waals surface area contributed by atoms with Crippen LogP contribution in [0.4, 0.5) is 35.3 Å². The number of carbonyl (C=O) groups is 6. The molecule has 5 aromatic rings. The first-order valence-corrected chi connectivity index (χ1v) is 26.1. The number of rotatable bonds is 8. The highest BCUT2D eigenvalue weighted by Crippen LogP contribution is 2.43. The van der Waals surface area contributed by atoms with Crippen molar-refractivity contribution in [2.75, 3.05) is 68.3 Å². The Labute approximate surface area is 437 Å². The number of anilines is 3. The van der Waals surface area contributed by atoms with E-state index in [0.29, 0.717) is 66.0 Å². The third kappa shape index (κ3) is 10.9. The van der Waals surface area contributed by atoms with Crippen molar-refractivity contribution in [1.29, 1.82) is 0 Å². The van der Waals surface area contributed by atoms with Gasteiger partial charge in [0.1, 0.15) is 23.4 Å². The van der Waals surface area contributed by atoms with E-state index in [9.17, 15) is 41.9 Å². The second-order valence-corrected chi connectivity index (χ2v) is 20.7. The number of pyridine rings is 2. The highest BCUT2D eigenvalue weighted by atomic mass is 19.4. The minimum Gasteiger partial charge on any atom is -0.383 e. The highest BCUT2D eigenvalue weighted by molar-refractivity contribution is 6.08. The molecule has 10 rings (SSSR count).